The molecule has 1 aliphatic rings. The highest BCUT2D eigenvalue weighted by Gasteiger charge is 2.30. The molecule has 1 amide bonds. The lowest BCUT2D eigenvalue weighted by Gasteiger charge is -2.19. The van der Waals surface area contributed by atoms with E-state index in [4.69, 9.17) is 14.2 Å². The van der Waals surface area contributed by atoms with Crippen molar-refractivity contribution in [1.29, 1.82) is 0 Å². The maximum atomic E-state index is 13.2. The number of methoxy groups -OCH3 is 3. The first-order chi connectivity index (χ1) is 14.6. The molecule has 6 nitrogen and oxygen atoms in total. The molecule has 7 heteroatoms. The lowest BCUT2D eigenvalue weighted by atomic mass is 9.95. The van der Waals surface area contributed by atoms with E-state index in [2.05, 4.69) is 25.0 Å². The van der Waals surface area contributed by atoms with Gasteiger partial charge in [-0.1, -0.05) is 31.8 Å². The Morgan fingerprint density at radius 1 is 1.03 bits per heavy atom. The van der Waals surface area contributed by atoms with Gasteiger partial charge in [-0.3, -0.25) is 9.59 Å². The molecule has 0 saturated heterocycles. The van der Waals surface area contributed by atoms with Gasteiger partial charge in [0.25, 0.3) is 0 Å². The van der Waals surface area contributed by atoms with Gasteiger partial charge in [0, 0.05) is 12.5 Å². The molecule has 1 unspecified atom stereocenters. The Bertz CT molecular complexity index is 1070. The van der Waals surface area contributed by atoms with Crippen LogP contribution >= 0.6 is 0 Å². The van der Waals surface area contributed by atoms with Crippen molar-refractivity contribution < 1.29 is 19.0 Å². The van der Waals surface area contributed by atoms with Gasteiger partial charge in [-0.15, -0.1) is 0 Å². The van der Waals surface area contributed by atoms with Crippen LogP contribution in [0.4, 0.5) is 0 Å². The summed E-state index contributed by atoms with van der Waals surface area (Å²) in [6.45, 7) is 7.97. The topological polar surface area (TPSA) is 73.9 Å². The van der Waals surface area contributed by atoms with Crippen LogP contribution in [0.5, 0.6) is 17.2 Å². The zero-order chi connectivity index (χ0) is 22.9. The van der Waals surface area contributed by atoms with Crippen LogP contribution in [-0.2, 0) is 11.2 Å². The molecule has 0 heterocycles. The van der Waals surface area contributed by atoms with Gasteiger partial charge < -0.3 is 19.5 Å². The Kier molecular flexibility index (Phi) is 6.45. The smallest absolute Gasteiger partial charge is 0.217 e. The molecular formula is C24H31NO5Si. The highest BCUT2D eigenvalue weighted by atomic mass is 28.3. The quantitative estimate of drug-likeness (QED) is 0.720. The van der Waals surface area contributed by atoms with Crippen molar-refractivity contribution in [1.82, 2.24) is 5.32 Å². The molecule has 2 aromatic carbocycles. The molecule has 0 aliphatic heterocycles. The molecule has 1 atom stereocenters. The third-order valence-corrected chi connectivity index (χ3v) is 7.75. The van der Waals surface area contributed by atoms with Gasteiger partial charge in [0.2, 0.25) is 11.7 Å². The van der Waals surface area contributed by atoms with Crippen LogP contribution in [0.2, 0.25) is 19.6 Å². The second-order valence-corrected chi connectivity index (χ2v) is 13.9. The number of rotatable bonds is 5. The van der Waals surface area contributed by atoms with Crippen LogP contribution in [0.15, 0.2) is 29.1 Å². The maximum absolute atomic E-state index is 13.2. The molecule has 0 radical (unpaired) electrons. The number of nitrogens with one attached hydrogen (secondary N) is 1. The zero-order valence-electron chi connectivity index (χ0n) is 19.3. The third-order valence-electron chi connectivity index (χ3n) is 5.72. The van der Waals surface area contributed by atoms with E-state index < -0.39 is 8.07 Å². The van der Waals surface area contributed by atoms with Crippen LogP contribution in [0.3, 0.4) is 0 Å². The number of hydrogen-bond acceptors (Lipinski definition) is 5. The fraction of sp³-hybridized carbons (Fsp3) is 0.417. The molecule has 1 N–H and O–H groups in total. The molecule has 0 fully saturated rings. The Balaban J connectivity index is 2.44. The maximum Gasteiger partial charge on any atom is 0.217 e. The molecule has 0 aromatic heterocycles. The van der Waals surface area contributed by atoms with Crippen molar-refractivity contribution in [3.8, 4) is 28.4 Å². The number of carbonyl (C=O) groups is 1. The largest absolute Gasteiger partial charge is 0.493 e. The summed E-state index contributed by atoms with van der Waals surface area (Å²) in [5, 5.41) is 3.89. The molecule has 2 aromatic rings. The predicted molar refractivity (Wildman–Crippen MR) is 126 cm³/mol. The number of benzene rings is 1. The number of amides is 1. The van der Waals surface area contributed by atoms with E-state index in [0.717, 1.165) is 27.4 Å². The summed E-state index contributed by atoms with van der Waals surface area (Å²) in [6, 6.07) is 7.33. The first-order valence-electron chi connectivity index (χ1n) is 10.4. The van der Waals surface area contributed by atoms with E-state index in [-0.39, 0.29) is 17.4 Å². The Hall–Kier alpha value is -2.80. The standard InChI is InChI=1S/C24H31NO5Si/c1-14(26)25-18-10-8-15-12-20(28-2)23(29-3)24(30-4)22(15)16-9-11-21(31(5,6)7)19(27)13-17(16)18/h9,11-13,18H,8,10H2,1-7H3,(H,25,26). The van der Waals surface area contributed by atoms with Crippen LogP contribution < -0.4 is 30.1 Å². The molecule has 1 aliphatic carbocycles. The Morgan fingerprint density at radius 3 is 2.26 bits per heavy atom. The number of carbonyl (C=O) groups excluding carboxylic acids is 1. The SMILES string of the molecule is COc1cc2c(c(OC)c1OC)-c1ccc([Si](C)(C)C)c(=O)cc1C(NC(C)=O)CC2. The summed E-state index contributed by atoms with van der Waals surface area (Å²) in [5.74, 6) is 1.53. The van der Waals surface area contributed by atoms with E-state index in [9.17, 15) is 9.59 Å². The van der Waals surface area contributed by atoms with Crippen molar-refractivity contribution in [3.05, 3.63) is 45.6 Å². The van der Waals surface area contributed by atoms with Crippen molar-refractivity contribution >= 4 is 19.2 Å². The third kappa shape index (κ3) is 4.32. The fourth-order valence-electron chi connectivity index (χ4n) is 4.33. The highest BCUT2D eigenvalue weighted by Crippen LogP contribution is 2.50. The summed E-state index contributed by atoms with van der Waals surface area (Å²) >= 11 is 0. The minimum absolute atomic E-state index is 0.0127. The minimum atomic E-state index is -1.87. The zero-order valence-corrected chi connectivity index (χ0v) is 20.3. The van der Waals surface area contributed by atoms with Gasteiger partial charge in [-0.2, -0.15) is 0 Å². The van der Waals surface area contributed by atoms with E-state index >= 15 is 0 Å². The van der Waals surface area contributed by atoms with Gasteiger partial charge in [-0.05, 0) is 46.9 Å². The second kappa shape index (κ2) is 8.75. The number of ether oxygens (including phenoxy) is 3. The molecule has 31 heavy (non-hydrogen) atoms. The highest BCUT2D eigenvalue weighted by molar-refractivity contribution is 6.88. The van der Waals surface area contributed by atoms with E-state index in [0.29, 0.717) is 30.1 Å². The minimum Gasteiger partial charge on any atom is -0.493 e. The van der Waals surface area contributed by atoms with E-state index in [1.54, 1.807) is 27.4 Å². The molecular weight excluding hydrogens is 410 g/mol. The van der Waals surface area contributed by atoms with E-state index in [1.165, 1.54) is 6.92 Å². The molecule has 166 valence electrons. The average Bonchev–Trinajstić information content (AvgIpc) is 2.95. The van der Waals surface area contributed by atoms with Crippen LogP contribution in [0, 0.1) is 0 Å². The van der Waals surface area contributed by atoms with Crippen LogP contribution in [0.1, 0.15) is 30.5 Å². The van der Waals surface area contributed by atoms with Crippen molar-refractivity contribution in [3.63, 3.8) is 0 Å². The van der Waals surface area contributed by atoms with Gasteiger partial charge in [0.05, 0.1) is 35.4 Å². The van der Waals surface area contributed by atoms with Crippen molar-refractivity contribution in [2.24, 2.45) is 0 Å². The van der Waals surface area contributed by atoms with Crippen molar-refractivity contribution in [2.45, 2.75) is 45.4 Å². The van der Waals surface area contributed by atoms with Crippen molar-refractivity contribution in [2.75, 3.05) is 21.3 Å². The van der Waals surface area contributed by atoms with Gasteiger partial charge in [0.15, 0.2) is 16.9 Å². The summed E-state index contributed by atoms with van der Waals surface area (Å²) in [4.78, 5) is 25.2. The summed E-state index contributed by atoms with van der Waals surface area (Å²) in [7, 11) is 2.90. The molecule has 0 bridgehead atoms. The van der Waals surface area contributed by atoms with Crippen LogP contribution in [0.25, 0.3) is 11.1 Å². The number of fused-ring (bicyclic) bond motifs is 3. The monoisotopic (exact) mass is 441 g/mol. The normalized spacial score (nSPS) is 15.3. The second-order valence-electron chi connectivity index (χ2n) is 8.85. The lowest BCUT2D eigenvalue weighted by Crippen LogP contribution is -2.46. The van der Waals surface area contributed by atoms with E-state index in [1.807, 2.05) is 18.2 Å². The molecule has 0 spiro atoms. The van der Waals surface area contributed by atoms with Gasteiger partial charge in [0.1, 0.15) is 0 Å². The fourth-order valence-corrected chi connectivity index (χ4v) is 5.72. The lowest BCUT2D eigenvalue weighted by molar-refractivity contribution is -0.119. The van der Waals surface area contributed by atoms with Crippen LogP contribution in [-0.4, -0.2) is 35.3 Å². The van der Waals surface area contributed by atoms with Gasteiger partial charge >= 0.3 is 0 Å². The average molecular weight is 442 g/mol. The number of hydrogen-bond donors (Lipinski definition) is 1. The first-order valence-corrected chi connectivity index (χ1v) is 13.9. The first kappa shape index (κ1) is 22.9. The predicted octanol–water partition coefficient (Wildman–Crippen LogP) is 3.41. The van der Waals surface area contributed by atoms with Gasteiger partial charge in [-0.25, -0.2) is 0 Å². The number of aryl methyl sites for hydroxylation is 1. The summed E-state index contributed by atoms with van der Waals surface area (Å²) < 4.78 is 17.0. The Labute approximate surface area is 184 Å². The Morgan fingerprint density at radius 2 is 1.71 bits per heavy atom. The molecule has 3 rings (SSSR count). The summed E-state index contributed by atoms with van der Waals surface area (Å²) in [5.41, 5.74) is 3.58. The summed E-state index contributed by atoms with van der Waals surface area (Å²) in [6.07, 6.45) is 1.34. The molecule has 0 saturated carbocycles.